The molecule has 4 aromatic rings. The van der Waals surface area contributed by atoms with E-state index in [0.29, 0.717) is 18.0 Å². The van der Waals surface area contributed by atoms with Crippen molar-refractivity contribution >= 4 is 12.2 Å². The Hall–Kier alpha value is -3.16. The van der Waals surface area contributed by atoms with Crippen molar-refractivity contribution in [3.63, 3.8) is 0 Å². The highest BCUT2D eigenvalue weighted by atomic mass is 32.1. The number of pyridine rings is 1. The minimum atomic E-state index is -0.235. The standard InChI is InChI=1S/C22H20FN5S/c1-26(15-17-9-11-19(23)12-10-17)16-27-22(29)28(20-7-3-2-4-8-20)21(25-27)18-6-5-13-24-14-18/h2-14H,15-16H2,1H3. The highest BCUT2D eigenvalue weighted by molar-refractivity contribution is 7.71. The fourth-order valence-corrected chi connectivity index (χ4v) is 3.46. The van der Waals surface area contributed by atoms with Crippen LogP contribution in [0.5, 0.6) is 0 Å². The van der Waals surface area contributed by atoms with Gasteiger partial charge in [-0.05, 0) is 61.2 Å². The molecule has 0 amide bonds. The first kappa shape index (κ1) is 19.2. The lowest BCUT2D eigenvalue weighted by Crippen LogP contribution is -2.22. The molecule has 0 saturated carbocycles. The van der Waals surface area contributed by atoms with Gasteiger partial charge in [-0.2, -0.15) is 0 Å². The summed E-state index contributed by atoms with van der Waals surface area (Å²) in [5.41, 5.74) is 2.86. The molecule has 29 heavy (non-hydrogen) atoms. The highest BCUT2D eigenvalue weighted by Crippen LogP contribution is 2.22. The van der Waals surface area contributed by atoms with Crippen LogP contribution >= 0.6 is 12.2 Å². The summed E-state index contributed by atoms with van der Waals surface area (Å²) in [4.78, 5) is 6.30. The summed E-state index contributed by atoms with van der Waals surface area (Å²) in [5.74, 6) is 0.505. The summed E-state index contributed by atoms with van der Waals surface area (Å²) in [7, 11) is 1.98. The van der Waals surface area contributed by atoms with Gasteiger partial charge in [-0.25, -0.2) is 9.07 Å². The Morgan fingerprint density at radius 1 is 1.00 bits per heavy atom. The van der Waals surface area contributed by atoms with Crippen molar-refractivity contribution in [3.05, 3.63) is 95.3 Å². The van der Waals surface area contributed by atoms with Gasteiger partial charge < -0.3 is 0 Å². The van der Waals surface area contributed by atoms with Crippen molar-refractivity contribution in [2.75, 3.05) is 7.05 Å². The second-order valence-electron chi connectivity index (χ2n) is 6.80. The fourth-order valence-electron chi connectivity index (χ4n) is 3.17. The molecule has 0 N–H and O–H groups in total. The largest absolute Gasteiger partial charge is 0.283 e. The van der Waals surface area contributed by atoms with Gasteiger partial charge in [-0.15, -0.1) is 5.10 Å². The van der Waals surface area contributed by atoms with E-state index in [1.54, 1.807) is 29.2 Å². The zero-order valence-corrected chi connectivity index (χ0v) is 16.8. The SMILES string of the molecule is CN(Cc1ccc(F)cc1)Cn1nc(-c2cccnc2)n(-c2ccccc2)c1=S. The van der Waals surface area contributed by atoms with Gasteiger partial charge in [0.2, 0.25) is 4.77 Å². The van der Waals surface area contributed by atoms with Gasteiger partial charge >= 0.3 is 0 Å². The van der Waals surface area contributed by atoms with Crippen molar-refractivity contribution < 1.29 is 4.39 Å². The summed E-state index contributed by atoms with van der Waals surface area (Å²) < 4.78 is 17.5. The van der Waals surface area contributed by atoms with Crippen molar-refractivity contribution in [2.45, 2.75) is 13.2 Å². The normalized spacial score (nSPS) is 11.1. The van der Waals surface area contributed by atoms with Crippen LogP contribution < -0.4 is 0 Å². The molecular formula is C22H20FN5S. The zero-order valence-electron chi connectivity index (χ0n) is 15.9. The minimum Gasteiger partial charge on any atom is -0.283 e. The maximum atomic E-state index is 13.1. The number of rotatable bonds is 6. The van der Waals surface area contributed by atoms with Crippen molar-refractivity contribution in [1.29, 1.82) is 0 Å². The molecule has 0 radical (unpaired) electrons. The Kier molecular flexibility index (Phi) is 5.59. The predicted molar refractivity (Wildman–Crippen MR) is 113 cm³/mol. The van der Waals surface area contributed by atoms with E-state index in [-0.39, 0.29) is 5.82 Å². The first-order valence-electron chi connectivity index (χ1n) is 9.20. The third-order valence-electron chi connectivity index (χ3n) is 4.51. The Morgan fingerprint density at radius 2 is 1.76 bits per heavy atom. The molecule has 0 spiro atoms. The van der Waals surface area contributed by atoms with Crippen LogP contribution in [0.2, 0.25) is 0 Å². The first-order valence-corrected chi connectivity index (χ1v) is 9.61. The summed E-state index contributed by atoms with van der Waals surface area (Å²) in [5, 5.41) is 4.79. The smallest absolute Gasteiger partial charge is 0.204 e. The fraction of sp³-hybridized carbons (Fsp3) is 0.136. The van der Waals surface area contributed by atoms with E-state index in [9.17, 15) is 4.39 Å². The molecule has 0 fully saturated rings. The number of para-hydroxylation sites is 1. The van der Waals surface area contributed by atoms with Crippen molar-refractivity contribution in [2.24, 2.45) is 0 Å². The summed E-state index contributed by atoms with van der Waals surface area (Å²) in [6.07, 6.45) is 3.52. The quantitative estimate of drug-likeness (QED) is 0.436. The molecule has 5 nitrogen and oxygen atoms in total. The minimum absolute atomic E-state index is 0.235. The summed E-state index contributed by atoms with van der Waals surface area (Å²) >= 11 is 5.76. The lowest BCUT2D eigenvalue weighted by atomic mass is 10.2. The number of hydrogen-bond donors (Lipinski definition) is 0. The molecule has 0 bridgehead atoms. The lowest BCUT2D eigenvalue weighted by molar-refractivity contribution is 0.244. The molecule has 7 heteroatoms. The molecule has 2 aromatic heterocycles. The maximum absolute atomic E-state index is 13.1. The molecule has 2 heterocycles. The molecule has 0 aliphatic rings. The summed E-state index contributed by atoms with van der Waals surface area (Å²) in [6.45, 7) is 1.16. The van der Waals surface area contributed by atoms with Gasteiger partial charge in [0.15, 0.2) is 5.82 Å². The van der Waals surface area contributed by atoms with Crippen LogP contribution in [0, 0.1) is 10.6 Å². The number of hydrogen-bond acceptors (Lipinski definition) is 4. The van der Waals surface area contributed by atoms with Gasteiger partial charge in [0.1, 0.15) is 5.82 Å². The predicted octanol–water partition coefficient (Wildman–Crippen LogP) is 4.69. The molecule has 0 saturated heterocycles. The third kappa shape index (κ3) is 4.31. The Labute approximate surface area is 173 Å². The zero-order chi connectivity index (χ0) is 20.2. The van der Waals surface area contributed by atoms with Gasteiger partial charge in [0.25, 0.3) is 0 Å². The van der Waals surface area contributed by atoms with E-state index in [1.807, 2.05) is 54.1 Å². The number of nitrogens with zero attached hydrogens (tertiary/aromatic N) is 5. The molecule has 0 aliphatic carbocycles. The van der Waals surface area contributed by atoms with Crippen LogP contribution in [-0.2, 0) is 13.2 Å². The monoisotopic (exact) mass is 405 g/mol. The molecule has 146 valence electrons. The third-order valence-corrected chi connectivity index (χ3v) is 4.91. The van der Waals surface area contributed by atoms with Gasteiger partial charge in [-0.3, -0.25) is 14.5 Å². The van der Waals surface area contributed by atoms with Crippen molar-refractivity contribution in [3.8, 4) is 17.1 Å². The second kappa shape index (κ2) is 8.46. The average Bonchev–Trinajstić information content (AvgIpc) is 3.07. The van der Waals surface area contributed by atoms with E-state index in [4.69, 9.17) is 17.3 Å². The highest BCUT2D eigenvalue weighted by Gasteiger charge is 2.15. The molecule has 0 aliphatic heterocycles. The van der Waals surface area contributed by atoms with Crippen LogP contribution in [0.15, 0.2) is 79.1 Å². The lowest BCUT2D eigenvalue weighted by Gasteiger charge is -2.16. The van der Waals surface area contributed by atoms with E-state index >= 15 is 0 Å². The van der Waals surface area contributed by atoms with E-state index in [2.05, 4.69) is 9.88 Å². The van der Waals surface area contributed by atoms with Crippen LogP contribution in [0.3, 0.4) is 0 Å². The molecule has 4 rings (SSSR count). The van der Waals surface area contributed by atoms with Crippen molar-refractivity contribution in [1.82, 2.24) is 24.2 Å². The number of benzene rings is 2. The molecular weight excluding hydrogens is 385 g/mol. The molecule has 0 atom stereocenters. The van der Waals surface area contributed by atoms with Gasteiger partial charge in [0, 0.05) is 30.2 Å². The van der Waals surface area contributed by atoms with E-state index in [1.165, 1.54) is 12.1 Å². The average molecular weight is 406 g/mol. The Balaban J connectivity index is 1.68. The van der Waals surface area contributed by atoms with Gasteiger partial charge in [0.05, 0.1) is 6.67 Å². The maximum Gasteiger partial charge on any atom is 0.204 e. The van der Waals surface area contributed by atoms with E-state index in [0.717, 1.165) is 22.6 Å². The molecule has 0 unspecified atom stereocenters. The number of aromatic nitrogens is 4. The van der Waals surface area contributed by atoms with Crippen LogP contribution in [0.25, 0.3) is 17.1 Å². The van der Waals surface area contributed by atoms with E-state index < -0.39 is 0 Å². The molecule has 2 aromatic carbocycles. The van der Waals surface area contributed by atoms with Crippen LogP contribution in [0.1, 0.15) is 5.56 Å². The van der Waals surface area contributed by atoms with Gasteiger partial charge in [-0.1, -0.05) is 30.3 Å². The Bertz CT molecular complexity index is 1140. The topological polar surface area (TPSA) is 38.9 Å². The second-order valence-corrected chi connectivity index (χ2v) is 7.17. The number of halogens is 1. The summed E-state index contributed by atoms with van der Waals surface area (Å²) in [6, 6.07) is 20.3. The first-order chi connectivity index (χ1) is 14.1. The Morgan fingerprint density at radius 3 is 2.45 bits per heavy atom. The van der Waals surface area contributed by atoms with Crippen LogP contribution in [-0.4, -0.2) is 31.3 Å². The van der Waals surface area contributed by atoms with Crippen LogP contribution in [0.4, 0.5) is 4.39 Å².